The van der Waals surface area contributed by atoms with E-state index < -0.39 is 6.09 Å². The van der Waals surface area contributed by atoms with Crippen LogP contribution in [0.15, 0.2) is 78.9 Å². The SMILES string of the molecule is CC(NC(=O)OCc1ccccc1)c1ccc(-c2cccc(C#N)c2)cc1. The highest BCUT2D eigenvalue weighted by atomic mass is 16.5. The molecule has 0 aliphatic heterocycles. The Kier molecular flexibility index (Phi) is 5.86. The average molecular weight is 356 g/mol. The Bertz CT molecular complexity index is 944. The zero-order chi connectivity index (χ0) is 19.1. The number of rotatable bonds is 5. The van der Waals surface area contributed by atoms with E-state index >= 15 is 0 Å². The van der Waals surface area contributed by atoms with Gasteiger partial charge in [-0.2, -0.15) is 5.26 Å². The number of nitrogens with one attached hydrogen (secondary N) is 1. The molecule has 1 atom stereocenters. The normalized spacial score (nSPS) is 11.3. The molecule has 1 unspecified atom stereocenters. The molecular formula is C23H20N2O2. The fraction of sp³-hybridized carbons (Fsp3) is 0.130. The molecule has 0 heterocycles. The molecule has 0 bridgehead atoms. The number of ether oxygens (including phenoxy) is 1. The van der Waals surface area contributed by atoms with E-state index in [2.05, 4.69) is 11.4 Å². The van der Waals surface area contributed by atoms with Gasteiger partial charge in [0, 0.05) is 0 Å². The predicted octanol–water partition coefficient (Wildman–Crippen LogP) is 5.21. The van der Waals surface area contributed by atoms with Crippen molar-refractivity contribution in [3.05, 3.63) is 95.6 Å². The van der Waals surface area contributed by atoms with E-state index in [9.17, 15) is 4.79 Å². The van der Waals surface area contributed by atoms with Crippen LogP contribution in [0, 0.1) is 11.3 Å². The first kappa shape index (κ1) is 18.2. The van der Waals surface area contributed by atoms with Crippen LogP contribution in [0.25, 0.3) is 11.1 Å². The molecule has 3 rings (SSSR count). The summed E-state index contributed by atoms with van der Waals surface area (Å²) < 4.78 is 5.26. The summed E-state index contributed by atoms with van der Waals surface area (Å²) in [7, 11) is 0. The fourth-order valence-electron chi connectivity index (χ4n) is 2.76. The maximum absolute atomic E-state index is 12.0. The highest BCUT2D eigenvalue weighted by Gasteiger charge is 2.11. The molecule has 134 valence electrons. The van der Waals surface area contributed by atoms with E-state index in [0.29, 0.717) is 5.56 Å². The molecule has 0 radical (unpaired) electrons. The molecule has 3 aromatic carbocycles. The zero-order valence-corrected chi connectivity index (χ0v) is 15.1. The minimum absolute atomic E-state index is 0.173. The van der Waals surface area contributed by atoms with Gasteiger partial charge in [0.15, 0.2) is 0 Å². The van der Waals surface area contributed by atoms with Gasteiger partial charge in [0.2, 0.25) is 0 Å². The van der Waals surface area contributed by atoms with Crippen molar-refractivity contribution in [2.24, 2.45) is 0 Å². The molecule has 0 saturated carbocycles. The van der Waals surface area contributed by atoms with Crippen molar-refractivity contribution in [2.45, 2.75) is 19.6 Å². The van der Waals surface area contributed by atoms with Gasteiger partial charge in [-0.15, -0.1) is 0 Å². The van der Waals surface area contributed by atoms with E-state index in [1.54, 1.807) is 6.07 Å². The lowest BCUT2D eigenvalue weighted by atomic mass is 10.0. The molecular weight excluding hydrogens is 336 g/mol. The largest absolute Gasteiger partial charge is 0.445 e. The summed E-state index contributed by atoms with van der Waals surface area (Å²) in [5.74, 6) is 0. The first-order chi connectivity index (χ1) is 13.2. The second kappa shape index (κ2) is 8.68. The summed E-state index contributed by atoms with van der Waals surface area (Å²) in [5, 5.41) is 11.9. The Morgan fingerprint density at radius 1 is 1.00 bits per heavy atom. The van der Waals surface area contributed by atoms with Crippen molar-refractivity contribution in [3.8, 4) is 17.2 Å². The minimum atomic E-state index is -0.447. The van der Waals surface area contributed by atoms with Crippen molar-refractivity contribution in [1.29, 1.82) is 5.26 Å². The van der Waals surface area contributed by atoms with Gasteiger partial charge in [-0.05, 0) is 41.3 Å². The summed E-state index contributed by atoms with van der Waals surface area (Å²) in [4.78, 5) is 12.0. The van der Waals surface area contributed by atoms with E-state index in [4.69, 9.17) is 10.00 Å². The molecule has 0 aliphatic rings. The lowest BCUT2D eigenvalue weighted by molar-refractivity contribution is 0.136. The predicted molar refractivity (Wildman–Crippen MR) is 105 cm³/mol. The van der Waals surface area contributed by atoms with Crippen LogP contribution in [0.5, 0.6) is 0 Å². The van der Waals surface area contributed by atoms with Gasteiger partial charge < -0.3 is 10.1 Å². The monoisotopic (exact) mass is 356 g/mol. The van der Waals surface area contributed by atoms with Crippen molar-refractivity contribution < 1.29 is 9.53 Å². The van der Waals surface area contributed by atoms with Crippen LogP contribution < -0.4 is 5.32 Å². The highest BCUT2D eigenvalue weighted by molar-refractivity contribution is 5.68. The Morgan fingerprint density at radius 3 is 2.44 bits per heavy atom. The topological polar surface area (TPSA) is 62.1 Å². The summed E-state index contributed by atoms with van der Waals surface area (Å²) in [5.41, 5.74) is 4.57. The molecule has 3 aromatic rings. The lowest BCUT2D eigenvalue weighted by Gasteiger charge is -2.15. The van der Waals surface area contributed by atoms with E-state index in [1.165, 1.54) is 0 Å². The van der Waals surface area contributed by atoms with Crippen LogP contribution in [0.4, 0.5) is 4.79 Å². The molecule has 1 N–H and O–H groups in total. The zero-order valence-electron chi connectivity index (χ0n) is 15.1. The third kappa shape index (κ3) is 4.96. The van der Waals surface area contributed by atoms with Crippen LogP contribution in [-0.4, -0.2) is 6.09 Å². The summed E-state index contributed by atoms with van der Waals surface area (Å²) in [6, 6.07) is 26.9. The standard InChI is InChI=1S/C23H20N2O2/c1-17(25-23(26)27-16-18-6-3-2-4-7-18)20-10-12-21(13-11-20)22-9-5-8-19(14-22)15-24/h2-14,17H,16H2,1H3,(H,25,26). The summed E-state index contributed by atoms with van der Waals surface area (Å²) in [6.07, 6.45) is -0.447. The molecule has 0 fully saturated rings. The Morgan fingerprint density at radius 2 is 1.74 bits per heavy atom. The molecule has 0 spiro atoms. The average Bonchev–Trinajstić information content (AvgIpc) is 2.73. The molecule has 0 aromatic heterocycles. The number of hydrogen-bond donors (Lipinski definition) is 1. The van der Waals surface area contributed by atoms with Gasteiger partial charge in [0.1, 0.15) is 6.61 Å². The minimum Gasteiger partial charge on any atom is -0.445 e. The molecule has 1 amide bonds. The fourth-order valence-corrected chi connectivity index (χ4v) is 2.76. The van der Waals surface area contributed by atoms with Crippen LogP contribution in [-0.2, 0) is 11.3 Å². The first-order valence-electron chi connectivity index (χ1n) is 8.73. The first-order valence-corrected chi connectivity index (χ1v) is 8.73. The second-order valence-corrected chi connectivity index (χ2v) is 6.24. The molecule has 27 heavy (non-hydrogen) atoms. The lowest BCUT2D eigenvalue weighted by Crippen LogP contribution is -2.27. The third-order valence-electron chi connectivity index (χ3n) is 4.28. The number of nitrogens with zero attached hydrogens (tertiary/aromatic N) is 1. The molecule has 0 aliphatic carbocycles. The van der Waals surface area contributed by atoms with E-state index in [-0.39, 0.29) is 12.6 Å². The van der Waals surface area contributed by atoms with Crippen molar-refractivity contribution in [1.82, 2.24) is 5.32 Å². The Hall–Kier alpha value is -3.58. The van der Waals surface area contributed by atoms with Crippen molar-refractivity contribution in [3.63, 3.8) is 0 Å². The Labute approximate surface area is 159 Å². The molecule has 4 heteroatoms. The van der Waals surface area contributed by atoms with Gasteiger partial charge in [0.05, 0.1) is 17.7 Å². The highest BCUT2D eigenvalue weighted by Crippen LogP contribution is 2.23. The van der Waals surface area contributed by atoms with Gasteiger partial charge in [-0.1, -0.05) is 66.7 Å². The van der Waals surface area contributed by atoms with Gasteiger partial charge in [0.25, 0.3) is 0 Å². The third-order valence-corrected chi connectivity index (χ3v) is 4.28. The second-order valence-electron chi connectivity index (χ2n) is 6.24. The number of alkyl carbamates (subject to hydrolysis) is 1. The summed E-state index contributed by atoms with van der Waals surface area (Å²) >= 11 is 0. The number of benzene rings is 3. The van der Waals surface area contributed by atoms with Crippen molar-refractivity contribution in [2.75, 3.05) is 0 Å². The summed E-state index contributed by atoms with van der Waals surface area (Å²) in [6.45, 7) is 2.16. The molecule has 0 saturated heterocycles. The van der Waals surface area contributed by atoms with Crippen LogP contribution in [0.3, 0.4) is 0 Å². The van der Waals surface area contributed by atoms with Gasteiger partial charge in [-0.3, -0.25) is 0 Å². The number of carbonyl (C=O) groups excluding carboxylic acids is 1. The maximum Gasteiger partial charge on any atom is 0.407 e. The number of carbonyl (C=O) groups is 1. The number of hydrogen-bond acceptors (Lipinski definition) is 3. The number of nitriles is 1. The van der Waals surface area contributed by atoms with Crippen LogP contribution in [0.2, 0.25) is 0 Å². The maximum atomic E-state index is 12.0. The smallest absolute Gasteiger partial charge is 0.407 e. The van der Waals surface area contributed by atoms with Gasteiger partial charge >= 0.3 is 6.09 Å². The van der Waals surface area contributed by atoms with Gasteiger partial charge in [-0.25, -0.2) is 4.79 Å². The van der Waals surface area contributed by atoms with Crippen LogP contribution >= 0.6 is 0 Å². The van der Waals surface area contributed by atoms with Crippen LogP contribution in [0.1, 0.15) is 29.7 Å². The Balaban J connectivity index is 1.59. The van der Waals surface area contributed by atoms with E-state index in [0.717, 1.165) is 22.3 Å². The van der Waals surface area contributed by atoms with Crippen molar-refractivity contribution >= 4 is 6.09 Å². The molecule has 4 nitrogen and oxygen atoms in total. The van der Waals surface area contributed by atoms with E-state index in [1.807, 2.05) is 79.7 Å². The quantitative estimate of drug-likeness (QED) is 0.682. The number of amides is 1.